The minimum absolute atomic E-state index is 0.0689. The SMILES string of the molecule is C=CCN(C(=O)c1ccnc(Cl)c1[N+](=O)[O-])C(C)C. The minimum atomic E-state index is -0.699. The maximum atomic E-state index is 12.3. The molecule has 102 valence electrons. The fraction of sp³-hybridized carbons (Fsp3) is 0.333. The molecule has 0 N–H and O–H groups in total. The van der Waals surface area contributed by atoms with E-state index in [2.05, 4.69) is 11.6 Å². The summed E-state index contributed by atoms with van der Waals surface area (Å²) in [4.78, 5) is 27.7. The smallest absolute Gasteiger partial charge is 0.319 e. The molecule has 0 saturated carbocycles. The Morgan fingerprint density at radius 1 is 1.68 bits per heavy atom. The van der Waals surface area contributed by atoms with E-state index in [1.807, 2.05) is 13.8 Å². The van der Waals surface area contributed by atoms with Gasteiger partial charge in [-0.15, -0.1) is 6.58 Å². The van der Waals surface area contributed by atoms with Crippen molar-refractivity contribution in [2.45, 2.75) is 19.9 Å². The first-order valence-electron chi connectivity index (χ1n) is 5.60. The predicted octanol–water partition coefficient (Wildman–Crippen LogP) is 2.68. The van der Waals surface area contributed by atoms with Crippen LogP contribution in [0, 0.1) is 10.1 Å². The van der Waals surface area contributed by atoms with Gasteiger partial charge in [-0.05, 0) is 19.9 Å². The first-order chi connectivity index (χ1) is 8.90. The molecule has 0 spiro atoms. The van der Waals surface area contributed by atoms with Crippen molar-refractivity contribution in [3.63, 3.8) is 0 Å². The fourth-order valence-corrected chi connectivity index (χ4v) is 1.82. The summed E-state index contributed by atoms with van der Waals surface area (Å²) in [6.45, 7) is 7.50. The van der Waals surface area contributed by atoms with Gasteiger partial charge in [0.1, 0.15) is 5.56 Å². The highest BCUT2D eigenvalue weighted by Crippen LogP contribution is 2.27. The van der Waals surface area contributed by atoms with Gasteiger partial charge in [-0.2, -0.15) is 0 Å². The van der Waals surface area contributed by atoms with Gasteiger partial charge in [0.25, 0.3) is 5.91 Å². The van der Waals surface area contributed by atoms with E-state index >= 15 is 0 Å². The molecule has 1 rings (SSSR count). The molecule has 0 saturated heterocycles. The highest BCUT2D eigenvalue weighted by atomic mass is 35.5. The quantitative estimate of drug-likeness (QED) is 0.360. The van der Waals surface area contributed by atoms with Crippen LogP contribution >= 0.6 is 11.6 Å². The summed E-state index contributed by atoms with van der Waals surface area (Å²) in [7, 11) is 0. The van der Waals surface area contributed by atoms with Crippen LogP contribution in [0.3, 0.4) is 0 Å². The molecule has 19 heavy (non-hydrogen) atoms. The Bertz CT molecular complexity index is 517. The third-order valence-electron chi connectivity index (χ3n) is 2.50. The van der Waals surface area contributed by atoms with Crippen molar-refractivity contribution in [1.29, 1.82) is 0 Å². The maximum absolute atomic E-state index is 12.3. The summed E-state index contributed by atoms with van der Waals surface area (Å²) >= 11 is 5.69. The van der Waals surface area contributed by atoms with Gasteiger partial charge in [0.15, 0.2) is 0 Å². The van der Waals surface area contributed by atoms with E-state index in [-0.39, 0.29) is 16.8 Å². The number of hydrogen-bond acceptors (Lipinski definition) is 4. The Kier molecular flexibility index (Phi) is 5.00. The highest BCUT2D eigenvalue weighted by Gasteiger charge is 2.28. The van der Waals surface area contributed by atoms with Crippen LogP contribution in [0.4, 0.5) is 5.69 Å². The van der Waals surface area contributed by atoms with Crippen LogP contribution in [-0.4, -0.2) is 33.3 Å². The van der Waals surface area contributed by atoms with Crippen molar-refractivity contribution in [3.8, 4) is 0 Å². The van der Waals surface area contributed by atoms with E-state index in [1.54, 1.807) is 6.08 Å². The zero-order valence-electron chi connectivity index (χ0n) is 10.7. The first kappa shape index (κ1) is 15.1. The summed E-state index contributed by atoms with van der Waals surface area (Å²) in [5.74, 6) is -0.467. The third kappa shape index (κ3) is 3.29. The molecule has 1 amide bonds. The minimum Gasteiger partial charge on any atom is -0.332 e. The standard InChI is InChI=1S/C12H14ClN3O3/c1-4-7-15(8(2)3)12(17)9-5-6-14-11(13)10(9)16(18)19/h4-6,8H,1,7H2,2-3H3. The lowest BCUT2D eigenvalue weighted by Gasteiger charge is -2.25. The second-order valence-electron chi connectivity index (χ2n) is 4.09. The van der Waals surface area contributed by atoms with Crippen molar-refractivity contribution in [2.24, 2.45) is 0 Å². The molecule has 1 aromatic rings. The van der Waals surface area contributed by atoms with Crippen LogP contribution in [0.25, 0.3) is 0 Å². The van der Waals surface area contributed by atoms with E-state index in [1.165, 1.54) is 17.2 Å². The summed E-state index contributed by atoms with van der Waals surface area (Å²) in [6, 6.07) is 1.18. The summed E-state index contributed by atoms with van der Waals surface area (Å²) in [6.07, 6.45) is 2.83. The van der Waals surface area contributed by atoms with Crippen LogP contribution in [-0.2, 0) is 0 Å². The molecule has 0 radical (unpaired) electrons. The Balaban J connectivity index is 3.29. The van der Waals surface area contributed by atoms with E-state index in [0.29, 0.717) is 6.54 Å². The van der Waals surface area contributed by atoms with Gasteiger partial charge in [-0.1, -0.05) is 17.7 Å². The number of halogens is 1. The lowest BCUT2D eigenvalue weighted by molar-refractivity contribution is -0.385. The molecular weight excluding hydrogens is 270 g/mol. The Labute approximate surface area is 115 Å². The molecule has 0 aliphatic heterocycles. The molecule has 0 aliphatic rings. The van der Waals surface area contributed by atoms with Crippen LogP contribution < -0.4 is 0 Å². The maximum Gasteiger partial charge on any atom is 0.319 e. The van der Waals surface area contributed by atoms with Gasteiger partial charge in [0.2, 0.25) is 5.15 Å². The zero-order chi connectivity index (χ0) is 14.6. The largest absolute Gasteiger partial charge is 0.332 e. The molecule has 0 fully saturated rings. The molecule has 6 nitrogen and oxygen atoms in total. The van der Waals surface area contributed by atoms with Crippen molar-refractivity contribution in [3.05, 3.63) is 45.7 Å². The van der Waals surface area contributed by atoms with Crippen LogP contribution in [0.2, 0.25) is 5.15 Å². The number of carbonyl (C=O) groups is 1. The lowest BCUT2D eigenvalue weighted by Crippen LogP contribution is -2.37. The van der Waals surface area contributed by atoms with Crippen molar-refractivity contribution in [2.75, 3.05) is 6.54 Å². The highest BCUT2D eigenvalue weighted by molar-refractivity contribution is 6.32. The number of hydrogen-bond donors (Lipinski definition) is 0. The average molecular weight is 284 g/mol. The number of aromatic nitrogens is 1. The first-order valence-corrected chi connectivity index (χ1v) is 5.98. The number of nitrogens with zero attached hydrogens (tertiary/aromatic N) is 3. The summed E-state index contributed by atoms with van der Waals surface area (Å²) in [5.41, 5.74) is -0.538. The van der Waals surface area contributed by atoms with E-state index in [4.69, 9.17) is 11.6 Å². The van der Waals surface area contributed by atoms with Crippen LogP contribution in [0.5, 0.6) is 0 Å². The number of nitro groups is 1. The third-order valence-corrected chi connectivity index (χ3v) is 2.78. The Morgan fingerprint density at radius 3 is 2.79 bits per heavy atom. The monoisotopic (exact) mass is 283 g/mol. The molecule has 0 bridgehead atoms. The van der Waals surface area contributed by atoms with Crippen LogP contribution in [0.1, 0.15) is 24.2 Å². The van der Waals surface area contributed by atoms with Crippen molar-refractivity contribution >= 4 is 23.2 Å². The second kappa shape index (κ2) is 6.29. The topological polar surface area (TPSA) is 76.3 Å². The van der Waals surface area contributed by atoms with Crippen molar-refractivity contribution < 1.29 is 9.72 Å². The molecule has 0 atom stereocenters. The van der Waals surface area contributed by atoms with Gasteiger partial charge < -0.3 is 4.90 Å². The summed E-state index contributed by atoms with van der Waals surface area (Å²) < 4.78 is 0. The van der Waals surface area contributed by atoms with Gasteiger partial charge >= 0.3 is 5.69 Å². The molecule has 0 aliphatic carbocycles. The second-order valence-corrected chi connectivity index (χ2v) is 4.45. The zero-order valence-corrected chi connectivity index (χ0v) is 11.4. The fourth-order valence-electron chi connectivity index (χ4n) is 1.60. The van der Waals surface area contributed by atoms with Gasteiger partial charge in [-0.3, -0.25) is 14.9 Å². The Morgan fingerprint density at radius 2 is 2.32 bits per heavy atom. The molecule has 1 aromatic heterocycles. The van der Waals surface area contributed by atoms with Gasteiger partial charge in [-0.25, -0.2) is 4.98 Å². The molecule has 1 heterocycles. The summed E-state index contributed by atoms with van der Waals surface area (Å²) in [5, 5.41) is 10.7. The number of amides is 1. The van der Waals surface area contributed by atoms with Gasteiger partial charge in [0.05, 0.1) is 4.92 Å². The van der Waals surface area contributed by atoms with E-state index in [0.717, 1.165) is 0 Å². The average Bonchev–Trinajstić information content (AvgIpc) is 2.33. The normalized spacial score (nSPS) is 10.3. The number of carbonyl (C=O) groups excluding carboxylic acids is 1. The lowest BCUT2D eigenvalue weighted by atomic mass is 10.1. The molecule has 0 unspecified atom stereocenters. The predicted molar refractivity (Wildman–Crippen MR) is 72.3 cm³/mol. The van der Waals surface area contributed by atoms with E-state index in [9.17, 15) is 14.9 Å². The molecule has 0 aromatic carbocycles. The molecular formula is C12H14ClN3O3. The van der Waals surface area contributed by atoms with Gasteiger partial charge in [0, 0.05) is 18.8 Å². The van der Waals surface area contributed by atoms with Crippen LogP contribution in [0.15, 0.2) is 24.9 Å². The Hall–Kier alpha value is -1.95. The number of rotatable bonds is 5. The van der Waals surface area contributed by atoms with E-state index < -0.39 is 16.5 Å². The molecule has 7 heteroatoms. The number of pyridine rings is 1. The van der Waals surface area contributed by atoms with Crippen molar-refractivity contribution in [1.82, 2.24) is 9.88 Å².